The molecule has 1 N–H and O–H groups in total. The SMILES string of the molecule is CCOc1ccc(S(=O)(=O)N(CC)C(C)C)cc1CNC. The molecule has 6 heteroatoms. The third-order valence-corrected chi connectivity index (χ3v) is 5.34. The molecule has 0 saturated heterocycles. The number of sulfonamides is 1. The Kier molecular flexibility index (Phi) is 6.64. The van der Waals surface area contributed by atoms with Crippen molar-refractivity contribution in [1.82, 2.24) is 9.62 Å². The fourth-order valence-corrected chi connectivity index (χ4v) is 3.99. The van der Waals surface area contributed by atoms with E-state index < -0.39 is 10.0 Å². The van der Waals surface area contributed by atoms with Gasteiger partial charge in [-0.05, 0) is 46.0 Å². The second-order valence-electron chi connectivity index (χ2n) is 5.03. The second kappa shape index (κ2) is 7.77. The fourth-order valence-electron chi connectivity index (χ4n) is 2.29. The van der Waals surface area contributed by atoms with Gasteiger partial charge in [0, 0.05) is 24.7 Å². The topological polar surface area (TPSA) is 58.6 Å². The first kappa shape index (κ1) is 17.9. The first-order valence-corrected chi connectivity index (χ1v) is 8.74. The van der Waals surface area contributed by atoms with Crippen LogP contribution in [0.1, 0.15) is 33.3 Å². The average molecular weight is 314 g/mol. The lowest BCUT2D eigenvalue weighted by atomic mass is 10.2. The Labute approximate surface area is 128 Å². The summed E-state index contributed by atoms with van der Waals surface area (Å²) in [6.07, 6.45) is 0. The molecule has 0 aliphatic carbocycles. The highest BCUT2D eigenvalue weighted by Crippen LogP contribution is 2.25. The molecular formula is C15H26N2O3S. The molecule has 1 rings (SSSR count). The first-order chi connectivity index (χ1) is 9.88. The van der Waals surface area contributed by atoms with Gasteiger partial charge in [0.15, 0.2) is 0 Å². The normalized spacial score (nSPS) is 12.1. The highest BCUT2D eigenvalue weighted by molar-refractivity contribution is 7.89. The van der Waals surface area contributed by atoms with E-state index in [4.69, 9.17) is 4.74 Å². The van der Waals surface area contributed by atoms with Gasteiger partial charge in [0.25, 0.3) is 0 Å². The molecule has 0 aromatic heterocycles. The lowest BCUT2D eigenvalue weighted by molar-refractivity contribution is 0.335. The van der Waals surface area contributed by atoms with Gasteiger partial charge in [-0.3, -0.25) is 0 Å². The second-order valence-corrected chi connectivity index (χ2v) is 6.93. The van der Waals surface area contributed by atoms with E-state index >= 15 is 0 Å². The maximum Gasteiger partial charge on any atom is 0.243 e. The number of nitrogens with zero attached hydrogens (tertiary/aromatic N) is 1. The molecule has 0 amide bonds. The quantitative estimate of drug-likeness (QED) is 0.799. The number of nitrogens with one attached hydrogen (secondary N) is 1. The monoisotopic (exact) mass is 314 g/mol. The van der Waals surface area contributed by atoms with Crippen molar-refractivity contribution in [1.29, 1.82) is 0 Å². The molecule has 0 spiro atoms. The molecule has 5 nitrogen and oxygen atoms in total. The van der Waals surface area contributed by atoms with Crippen LogP contribution in [0.3, 0.4) is 0 Å². The molecule has 0 heterocycles. The smallest absolute Gasteiger partial charge is 0.243 e. The summed E-state index contributed by atoms with van der Waals surface area (Å²) in [5.41, 5.74) is 0.847. The third-order valence-electron chi connectivity index (χ3n) is 3.19. The van der Waals surface area contributed by atoms with Crippen molar-refractivity contribution in [2.24, 2.45) is 0 Å². The maximum absolute atomic E-state index is 12.7. The predicted molar refractivity (Wildman–Crippen MR) is 85.1 cm³/mol. The van der Waals surface area contributed by atoms with E-state index in [1.165, 1.54) is 4.31 Å². The van der Waals surface area contributed by atoms with Gasteiger partial charge >= 0.3 is 0 Å². The zero-order valence-electron chi connectivity index (χ0n) is 13.5. The van der Waals surface area contributed by atoms with Crippen molar-refractivity contribution in [3.05, 3.63) is 23.8 Å². The van der Waals surface area contributed by atoms with Crippen LogP contribution in [0.25, 0.3) is 0 Å². The van der Waals surface area contributed by atoms with E-state index in [0.29, 0.717) is 24.6 Å². The number of hydrogen-bond acceptors (Lipinski definition) is 4. The Bertz CT molecular complexity index is 556. The summed E-state index contributed by atoms with van der Waals surface area (Å²) in [7, 11) is -1.65. The van der Waals surface area contributed by atoms with Crippen LogP contribution in [-0.4, -0.2) is 39.0 Å². The van der Waals surface area contributed by atoms with E-state index in [0.717, 1.165) is 11.3 Å². The molecule has 0 fully saturated rings. The van der Waals surface area contributed by atoms with Crippen LogP contribution in [0.5, 0.6) is 5.75 Å². The van der Waals surface area contributed by atoms with Gasteiger partial charge in [-0.25, -0.2) is 8.42 Å². The number of rotatable bonds is 8. The van der Waals surface area contributed by atoms with Gasteiger partial charge in [-0.2, -0.15) is 4.31 Å². The zero-order valence-corrected chi connectivity index (χ0v) is 14.3. The standard InChI is InChI=1S/C15H26N2O3S/c1-6-17(12(3)4)21(18,19)14-8-9-15(20-7-2)13(10-14)11-16-5/h8-10,12,16H,6-7,11H2,1-5H3. The molecule has 0 saturated carbocycles. The molecule has 0 radical (unpaired) electrons. The van der Waals surface area contributed by atoms with Crippen molar-refractivity contribution in [3.63, 3.8) is 0 Å². The minimum Gasteiger partial charge on any atom is -0.494 e. The van der Waals surface area contributed by atoms with E-state index in [9.17, 15) is 8.42 Å². The summed E-state index contributed by atoms with van der Waals surface area (Å²) < 4.78 is 32.4. The Balaban J connectivity index is 3.27. The van der Waals surface area contributed by atoms with Crippen molar-refractivity contribution in [3.8, 4) is 5.75 Å². The Morgan fingerprint density at radius 3 is 2.43 bits per heavy atom. The van der Waals surface area contributed by atoms with E-state index in [1.807, 2.05) is 34.7 Å². The minimum absolute atomic E-state index is 0.0701. The molecule has 1 aromatic carbocycles. The summed E-state index contributed by atoms with van der Waals surface area (Å²) in [5, 5.41) is 3.04. The van der Waals surface area contributed by atoms with Gasteiger partial charge in [-0.15, -0.1) is 0 Å². The first-order valence-electron chi connectivity index (χ1n) is 7.30. The summed E-state index contributed by atoms with van der Waals surface area (Å²) in [6, 6.07) is 4.98. The molecule has 21 heavy (non-hydrogen) atoms. The largest absolute Gasteiger partial charge is 0.494 e. The van der Waals surface area contributed by atoms with Crippen LogP contribution in [0, 0.1) is 0 Å². The molecule has 120 valence electrons. The number of benzene rings is 1. The van der Waals surface area contributed by atoms with Gasteiger partial charge in [-0.1, -0.05) is 6.92 Å². The molecule has 0 bridgehead atoms. The van der Waals surface area contributed by atoms with Crippen LogP contribution in [0.2, 0.25) is 0 Å². The Morgan fingerprint density at radius 2 is 1.95 bits per heavy atom. The molecule has 1 aromatic rings. The van der Waals surface area contributed by atoms with Crippen molar-refractivity contribution in [2.45, 2.75) is 45.2 Å². The van der Waals surface area contributed by atoms with Crippen molar-refractivity contribution in [2.75, 3.05) is 20.2 Å². The number of ether oxygens (including phenoxy) is 1. The van der Waals surface area contributed by atoms with Crippen LogP contribution >= 0.6 is 0 Å². The van der Waals surface area contributed by atoms with E-state index in [1.54, 1.807) is 18.2 Å². The lowest BCUT2D eigenvalue weighted by Gasteiger charge is -2.24. The molecule has 0 unspecified atom stereocenters. The Morgan fingerprint density at radius 1 is 1.29 bits per heavy atom. The van der Waals surface area contributed by atoms with Crippen molar-refractivity contribution >= 4 is 10.0 Å². The van der Waals surface area contributed by atoms with Gasteiger partial charge in [0.2, 0.25) is 10.0 Å². The summed E-state index contributed by atoms with van der Waals surface area (Å²) in [5.74, 6) is 0.721. The summed E-state index contributed by atoms with van der Waals surface area (Å²) in [6.45, 7) is 9.08. The third kappa shape index (κ3) is 4.18. The Hall–Kier alpha value is -1.11. The van der Waals surface area contributed by atoms with E-state index in [2.05, 4.69) is 5.32 Å². The van der Waals surface area contributed by atoms with Crippen LogP contribution in [0.4, 0.5) is 0 Å². The molecular weight excluding hydrogens is 288 g/mol. The average Bonchev–Trinajstić information content (AvgIpc) is 2.41. The van der Waals surface area contributed by atoms with Gasteiger partial charge in [0.1, 0.15) is 5.75 Å². The molecule has 0 atom stereocenters. The van der Waals surface area contributed by atoms with Crippen molar-refractivity contribution < 1.29 is 13.2 Å². The minimum atomic E-state index is -3.47. The predicted octanol–water partition coefficient (Wildman–Crippen LogP) is 2.22. The highest BCUT2D eigenvalue weighted by Gasteiger charge is 2.26. The summed E-state index contributed by atoms with van der Waals surface area (Å²) >= 11 is 0. The van der Waals surface area contributed by atoms with Crippen LogP contribution < -0.4 is 10.1 Å². The van der Waals surface area contributed by atoms with Gasteiger partial charge < -0.3 is 10.1 Å². The van der Waals surface area contributed by atoms with Crippen LogP contribution in [0.15, 0.2) is 23.1 Å². The van der Waals surface area contributed by atoms with E-state index in [-0.39, 0.29) is 6.04 Å². The molecule has 0 aliphatic heterocycles. The molecule has 0 aliphatic rings. The zero-order chi connectivity index (χ0) is 16.0. The lowest BCUT2D eigenvalue weighted by Crippen LogP contribution is -2.36. The fraction of sp³-hybridized carbons (Fsp3) is 0.600. The summed E-state index contributed by atoms with van der Waals surface area (Å²) in [4.78, 5) is 0.312. The number of hydrogen-bond donors (Lipinski definition) is 1. The highest BCUT2D eigenvalue weighted by atomic mass is 32.2. The van der Waals surface area contributed by atoms with Crippen LogP contribution in [-0.2, 0) is 16.6 Å². The maximum atomic E-state index is 12.7. The van der Waals surface area contributed by atoms with Gasteiger partial charge in [0.05, 0.1) is 11.5 Å².